The van der Waals surface area contributed by atoms with Gasteiger partial charge in [0.15, 0.2) is 11.5 Å². The lowest BCUT2D eigenvalue weighted by Gasteiger charge is -2.21. The lowest BCUT2D eigenvalue weighted by molar-refractivity contribution is -0.122. The van der Waals surface area contributed by atoms with E-state index < -0.39 is 0 Å². The fourth-order valence-corrected chi connectivity index (χ4v) is 3.18. The third kappa shape index (κ3) is 3.25. The highest BCUT2D eigenvalue weighted by Gasteiger charge is 2.17. The molecule has 1 atom stereocenters. The fourth-order valence-electron chi connectivity index (χ4n) is 3.18. The summed E-state index contributed by atoms with van der Waals surface area (Å²) in [6.07, 6.45) is 1.77. The molecule has 0 unspecified atom stereocenters. The van der Waals surface area contributed by atoms with Gasteiger partial charge < -0.3 is 14.8 Å². The highest BCUT2D eigenvalue weighted by Crippen LogP contribution is 2.32. The van der Waals surface area contributed by atoms with Crippen molar-refractivity contribution in [2.75, 3.05) is 13.2 Å². The molecule has 140 valence electrons. The van der Waals surface area contributed by atoms with E-state index in [1.165, 1.54) is 4.68 Å². The van der Waals surface area contributed by atoms with Gasteiger partial charge in [-0.3, -0.25) is 14.0 Å². The summed E-state index contributed by atoms with van der Waals surface area (Å²) in [5, 5.41) is 7.12. The number of benzene rings is 1. The number of fused-ring (bicyclic) bond motifs is 2. The Bertz CT molecular complexity index is 1070. The Labute approximate surface area is 155 Å². The van der Waals surface area contributed by atoms with Gasteiger partial charge in [0.2, 0.25) is 5.91 Å². The molecule has 8 nitrogen and oxygen atoms in total. The van der Waals surface area contributed by atoms with E-state index in [1.54, 1.807) is 29.7 Å². The lowest BCUT2D eigenvalue weighted by Crippen LogP contribution is -2.36. The van der Waals surface area contributed by atoms with Crippen LogP contribution >= 0.6 is 0 Å². The molecular formula is C19H20N4O4. The number of carbonyl (C=O) groups is 1. The Balaban J connectivity index is 1.49. The van der Waals surface area contributed by atoms with Crippen LogP contribution in [-0.2, 0) is 11.3 Å². The first-order chi connectivity index (χ1) is 13.0. The zero-order valence-electron chi connectivity index (χ0n) is 15.1. The maximum absolute atomic E-state index is 12.5. The van der Waals surface area contributed by atoms with Crippen LogP contribution in [0.4, 0.5) is 0 Å². The first kappa shape index (κ1) is 17.1. The monoisotopic (exact) mass is 368 g/mol. The highest BCUT2D eigenvalue weighted by molar-refractivity contribution is 5.76. The molecule has 2 aromatic heterocycles. The SMILES string of the molecule is Cc1nn(CC(=O)N[C@H](C)c2ccc3c(c2)OCCO3)c(=O)c2cccn12. The predicted molar refractivity (Wildman–Crippen MR) is 98.2 cm³/mol. The van der Waals surface area contributed by atoms with E-state index in [0.717, 1.165) is 5.56 Å². The van der Waals surface area contributed by atoms with Crippen molar-refractivity contribution in [3.63, 3.8) is 0 Å². The number of nitrogens with zero attached hydrogens (tertiary/aromatic N) is 3. The Kier molecular flexibility index (Phi) is 4.31. The number of amides is 1. The molecule has 1 amide bonds. The number of ether oxygens (including phenoxy) is 2. The molecule has 1 aliphatic rings. The molecule has 0 saturated carbocycles. The average molecular weight is 368 g/mol. The number of aromatic nitrogens is 3. The van der Waals surface area contributed by atoms with Crippen molar-refractivity contribution in [3.8, 4) is 11.5 Å². The highest BCUT2D eigenvalue weighted by atomic mass is 16.6. The summed E-state index contributed by atoms with van der Waals surface area (Å²) >= 11 is 0. The minimum atomic E-state index is -0.298. The van der Waals surface area contributed by atoms with Gasteiger partial charge in [0, 0.05) is 6.20 Å². The van der Waals surface area contributed by atoms with Crippen molar-refractivity contribution in [2.24, 2.45) is 0 Å². The molecule has 0 radical (unpaired) electrons. The first-order valence-corrected chi connectivity index (χ1v) is 8.76. The van der Waals surface area contributed by atoms with Gasteiger partial charge in [-0.1, -0.05) is 6.07 Å². The third-order valence-electron chi connectivity index (χ3n) is 4.55. The molecule has 3 aromatic rings. The second kappa shape index (κ2) is 6.79. The Morgan fingerprint density at radius 2 is 2.04 bits per heavy atom. The molecule has 1 N–H and O–H groups in total. The summed E-state index contributed by atoms with van der Waals surface area (Å²) in [7, 11) is 0. The second-order valence-electron chi connectivity index (χ2n) is 6.47. The molecule has 0 saturated heterocycles. The second-order valence-corrected chi connectivity index (χ2v) is 6.47. The van der Waals surface area contributed by atoms with Crippen molar-refractivity contribution in [2.45, 2.75) is 26.4 Å². The minimum absolute atomic E-state index is 0.143. The average Bonchev–Trinajstić information content (AvgIpc) is 3.16. The molecule has 1 aromatic carbocycles. The molecule has 4 rings (SSSR count). The molecule has 3 heterocycles. The standard InChI is InChI=1S/C19H20N4O4/c1-12(14-5-6-16-17(10-14)27-9-8-26-16)20-18(24)11-23-19(25)15-4-3-7-22(15)13(2)21-23/h3-7,10,12H,8-9,11H2,1-2H3,(H,20,24)/t12-/m1/s1. The number of aryl methyl sites for hydroxylation is 1. The summed E-state index contributed by atoms with van der Waals surface area (Å²) in [5.74, 6) is 1.73. The Morgan fingerprint density at radius 3 is 2.85 bits per heavy atom. The van der Waals surface area contributed by atoms with E-state index >= 15 is 0 Å². The van der Waals surface area contributed by atoms with Crippen molar-refractivity contribution >= 4 is 11.4 Å². The van der Waals surface area contributed by atoms with Gasteiger partial charge in [-0.2, -0.15) is 5.10 Å². The molecule has 0 spiro atoms. The van der Waals surface area contributed by atoms with Gasteiger partial charge in [-0.15, -0.1) is 0 Å². The molecule has 0 aliphatic carbocycles. The molecule has 0 bridgehead atoms. The summed E-state index contributed by atoms with van der Waals surface area (Å²) in [5.41, 5.74) is 1.09. The van der Waals surface area contributed by atoms with Crippen LogP contribution < -0.4 is 20.3 Å². The molecule has 0 fully saturated rings. The number of hydrogen-bond donors (Lipinski definition) is 1. The van der Waals surface area contributed by atoms with Gasteiger partial charge in [0.05, 0.1) is 6.04 Å². The summed E-state index contributed by atoms with van der Waals surface area (Å²) in [6, 6.07) is 8.83. The number of nitrogens with one attached hydrogen (secondary N) is 1. The van der Waals surface area contributed by atoms with Crippen molar-refractivity contribution in [3.05, 3.63) is 58.3 Å². The fraction of sp³-hybridized carbons (Fsp3) is 0.316. The normalized spacial score (nSPS) is 14.1. The van der Waals surface area contributed by atoms with Gasteiger partial charge in [0.1, 0.15) is 31.1 Å². The van der Waals surface area contributed by atoms with Crippen LogP contribution in [0.2, 0.25) is 0 Å². The van der Waals surface area contributed by atoms with E-state index in [-0.39, 0.29) is 24.1 Å². The zero-order chi connectivity index (χ0) is 19.0. The predicted octanol–water partition coefficient (Wildman–Crippen LogP) is 1.45. The third-order valence-corrected chi connectivity index (χ3v) is 4.55. The minimum Gasteiger partial charge on any atom is -0.486 e. The zero-order valence-corrected chi connectivity index (χ0v) is 15.1. The number of hydrogen-bond acceptors (Lipinski definition) is 5. The number of carbonyl (C=O) groups excluding carboxylic acids is 1. The smallest absolute Gasteiger partial charge is 0.291 e. The lowest BCUT2D eigenvalue weighted by atomic mass is 10.1. The van der Waals surface area contributed by atoms with Crippen LogP contribution in [-0.4, -0.2) is 33.3 Å². The van der Waals surface area contributed by atoms with E-state index in [1.807, 2.05) is 25.1 Å². The summed E-state index contributed by atoms with van der Waals surface area (Å²) in [6.45, 7) is 4.56. The maximum atomic E-state index is 12.5. The van der Waals surface area contributed by atoms with E-state index in [2.05, 4.69) is 10.4 Å². The molecule has 1 aliphatic heterocycles. The van der Waals surface area contributed by atoms with Crippen molar-refractivity contribution < 1.29 is 14.3 Å². The van der Waals surface area contributed by atoms with Crippen LogP contribution in [0, 0.1) is 6.92 Å². The van der Waals surface area contributed by atoms with Gasteiger partial charge in [-0.05, 0) is 43.7 Å². The molecule has 27 heavy (non-hydrogen) atoms. The Morgan fingerprint density at radius 1 is 1.26 bits per heavy atom. The summed E-state index contributed by atoms with van der Waals surface area (Å²) < 4.78 is 14.0. The van der Waals surface area contributed by atoms with Crippen molar-refractivity contribution in [1.29, 1.82) is 0 Å². The van der Waals surface area contributed by atoms with Crippen LogP contribution in [0.3, 0.4) is 0 Å². The molecular weight excluding hydrogens is 348 g/mol. The van der Waals surface area contributed by atoms with E-state index in [0.29, 0.717) is 36.1 Å². The van der Waals surface area contributed by atoms with Crippen LogP contribution in [0.1, 0.15) is 24.4 Å². The van der Waals surface area contributed by atoms with Gasteiger partial charge in [-0.25, -0.2) is 4.68 Å². The van der Waals surface area contributed by atoms with Gasteiger partial charge >= 0.3 is 0 Å². The van der Waals surface area contributed by atoms with E-state index in [4.69, 9.17) is 9.47 Å². The first-order valence-electron chi connectivity index (χ1n) is 8.76. The molecule has 8 heteroatoms. The van der Waals surface area contributed by atoms with Crippen LogP contribution in [0.25, 0.3) is 5.52 Å². The van der Waals surface area contributed by atoms with Crippen molar-refractivity contribution in [1.82, 2.24) is 19.5 Å². The van der Waals surface area contributed by atoms with Gasteiger partial charge in [0.25, 0.3) is 5.56 Å². The van der Waals surface area contributed by atoms with Crippen LogP contribution in [0.5, 0.6) is 11.5 Å². The summed E-state index contributed by atoms with van der Waals surface area (Å²) in [4.78, 5) is 24.9. The maximum Gasteiger partial charge on any atom is 0.291 e. The Hall–Kier alpha value is -3.29. The topological polar surface area (TPSA) is 86.9 Å². The quantitative estimate of drug-likeness (QED) is 0.753. The largest absolute Gasteiger partial charge is 0.486 e. The van der Waals surface area contributed by atoms with Crippen LogP contribution in [0.15, 0.2) is 41.3 Å². The van der Waals surface area contributed by atoms with E-state index in [9.17, 15) is 9.59 Å². The number of rotatable bonds is 4.